The van der Waals surface area contributed by atoms with E-state index in [-0.39, 0.29) is 0 Å². The van der Waals surface area contributed by atoms with Crippen LogP contribution < -0.4 is 0 Å². The Balaban J connectivity index is 2.24. The number of halogens is 1. The maximum absolute atomic E-state index is 6.43. The molecule has 2 rings (SSSR count). The Morgan fingerprint density at radius 3 is 2.56 bits per heavy atom. The quantitative estimate of drug-likeness (QED) is 0.779. The Morgan fingerprint density at radius 1 is 1.22 bits per heavy atom. The Labute approximate surface area is 116 Å². The molecule has 0 N–H and O–H groups in total. The summed E-state index contributed by atoms with van der Waals surface area (Å²) in [6.45, 7) is 12.4. The molecule has 1 aromatic carbocycles. The first-order chi connectivity index (χ1) is 8.47. The molecule has 0 aromatic heterocycles. The monoisotopic (exact) mass is 265 g/mol. The van der Waals surface area contributed by atoms with Crippen LogP contribution in [-0.2, 0) is 13.0 Å². The van der Waals surface area contributed by atoms with Crippen molar-refractivity contribution in [2.45, 2.75) is 46.6 Å². The molecule has 0 spiro atoms. The van der Waals surface area contributed by atoms with Crippen LogP contribution in [0.5, 0.6) is 0 Å². The van der Waals surface area contributed by atoms with Gasteiger partial charge in [-0.1, -0.05) is 45.4 Å². The van der Waals surface area contributed by atoms with Gasteiger partial charge in [0.05, 0.1) is 0 Å². The predicted octanol–water partition coefficient (Wildman–Crippen LogP) is 4.48. The van der Waals surface area contributed by atoms with Crippen LogP contribution >= 0.6 is 11.6 Å². The van der Waals surface area contributed by atoms with Crippen LogP contribution in [0.4, 0.5) is 0 Å². The molecule has 100 valence electrons. The average Bonchev–Trinajstić information content (AvgIpc) is 2.27. The molecule has 0 fully saturated rings. The molecule has 0 saturated carbocycles. The van der Waals surface area contributed by atoms with Crippen LogP contribution in [0.1, 0.15) is 50.3 Å². The standard InChI is InChI=1S/C16H24ClN/c1-11(2)9-18-6-5-15-14(10-18)7-13(12(3)4)8-16(15)17/h7-8,11-12H,5-6,9-10H2,1-4H3. The molecule has 0 aliphatic carbocycles. The van der Waals surface area contributed by atoms with Gasteiger partial charge in [0.2, 0.25) is 0 Å². The van der Waals surface area contributed by atoms with Gasteiger partial charge in [0.1, 0.15) is 0 Å². The largest absolute Gasteiger partial charge is 0.298 e. The van der Waals surface area contributed by atoms with Crippen molar-refractivity contribution >= 4 is 11.6 Å². The van der Waals surface area contributed by atoms with Crippen molar-refractivity contribution in [1.82, 2.24) is 4.90 Å². The molecular formula is C16H24ClN. The summed E-state index contributed by atoms with van der Waals surface area (Å²) in [6, 6.07) is 4.52. The van der Waals surface area contributed by atoms with Crippen molar-refractivity contribution in [2.24, 2.45) is 5.92 Å². The van der Waals surface area contributed by atoms with Gasteiger partial charge < -0.3 is 0 Å². The minimum Gasteiger partial charge on any atom is -0.298 e. The van der Waals surface area contributed by atoms with Gasteiger partial charge in [-0.2, -0.15) is 0 Å². The van der Waals surface area contributed by atoms with Crippen molar-refractivity contribution in [3.8, 4) is 0 Å². The molecule has 1 heterocycles. The molecule has 0 radical (unpaired) electrons. The molecule has 0 amide bonds. The molecule has 1 aliphatic heterocycles. The van der Waals surface area contributed by atoms with E-state index in [1.807, 2.05) is 0 Å². The fourth-order valence-corrected chi connectivity index (χ4v) is 3.08. The maximum Gasteiger partial charge on any atom is 0.0444 e. The second kappa shape index (κ2) is 5.63. The summed E-state index contributed by atoms with van der Waals surface area (Å²) >= 11 is 6.43. The zero-order valence-corrected chi connectivity index (χ0v) is 12.7. The Kier molecular flexibility index (Phi) is 4.34. The van der Waals surface area contributed by atoms with Crippen LogP contribution in [-0.4, -0.2) is 18.0 Å². The van der Waals surface area contributed by atoms with E-state index in [1.165, 1.54) is 23.2 Å². The summed E-state index contributed by atoms with van der Waals surface area (Å²) in [5.74, 6) is 1.28. The lowest BCUT2D eigenvalue weighted by Crippen LogP contribution is -2.33. The van der Waals surface area contributed by atoms with Gasteiger partial charge in [-0.05, 0) is 41.0 Å². The number of benzene rings is 1. The summed E-state index contributed by atoms with van der Waals surface area (Å²) in [5, 5.41) is 0.973. The summed E-state index contributed by atoms with van der Waals surface area (Å²) < 4.78 is 0. The van der Waals surface area contributed by atoms with E-state index in [0.717, 1.165) is 30.5 Å². The third-order valence-electron chi connectivity index (χ3n) is 3.67. The number of hydrogen-bond donors (Lipinski definition) is 0. The Hall–Kier alpha value is -0.530. The van der Waals surface area contributed by atoms with E-state index in [0.29, 0.717) is 5.92 Å². The van der Waals surface area contributed by atoms with E-state index >= 15 is 0 Å². The topological polar surface area (TPSA) is 3.24 Å². The second-order valence-corrected chi connectivity index (χ2v) is 6.58. The first kappa shape index (κ1) is 13.9. The average molecular weight is 266 g/mol. The lowest BCUT2D eigenvalue weighted by atomic mass is 9.93. The van der Waals surface area contributed by atoms with E-state index in [9.17, 15) is 0 Å². The van der Waals surface area contributed by atoms with E-state index in [2.05, 4.69) is 44.7 Å². The zero-order chi connectivity index (χ0) is 13.3. The third-order valence-corrected chi connectivity index (χ3v) is 4.01. The number of rotatable bonds is 3. The van der Waals surface area contributed by atoms with Crippen LogP contribution in [0.25, 0.3) is 0 Å². The molecule has 0 atom stereocenters. The highest BCUT2D eigenvalue weighted by Crippen LogP contribution is 2.30. The van der Waals surface area contributed by atoms with Crippen molar-refractivity contribution in [1.29, 1.82) is 0 Å². The predicted molar refractivity (Wildman–Crippen MR) is 79.4 cm³/mol. The lowest BCUT2D eigenvalue weighted by Gasteiger charge is -2.31. The van der Waals surface area contributed by atoms with Gasteiger partial charge >= 0.3 is 0 Å². The molecule has 1 aromatic rings. The summed E-state index contributed by atoms with van der Waals surface area (Å²) in [7, 11) is 0. The first-order valence-electron chi connectivity index (χ1n) is 7.01. The number of nitrogens with zero attached hydrogens (tertiary/aromatic N) is 1. The van der Waals surface area contributed by atoms with Gasteiger partial charge in [0.25, 0.3) is 0 Å². The van der Waals surface area contributed by atoms with Crippen LogP contribution in [0.15, 0.2) is 12.1 Å². The van der Waals surface area contributed by atoms with E-state index in [4.69, 9.17) is 11.6 Å². The molecule has 18 heavy (non-hydrogen) atoms. The molecule has 0 bridgehead atoms. The molecule has 1 aliphatic rings. The fourth-order valence-electron chi connectivity index (χ4n) is 2.73. The van der Waals surface area contributed by atoms with Crippen LogP contribution in [0, 0.1) is 5.92 Å². The lowest BCUT2D eigenvalue weighted by molar-refractivity contribution is 0.226. The van der Waals surface area contributed by atoms with E-state index < -0.39 is 0 Å². The van der Waals surface area contributed by atoms with Gasteiger partial charge in [-0.25, -0.2) is 0 Å². The first-order valence-corrected chi connectivity index (χ1v) is 7.38. The zero-order valence-electron chi connectivity index (χ0n) is 12.0. The normalized spacial score (nSPS) is 16.4. The van der Waals surface area contributed by atoms with Crippen LogP contribution in [0.3, 0.4) is 0 Å². The van der Waals surface area contributed by atoms with Gasteiger partial charge in [-0.3, -0.25) is 4.90 Å². The van der Waals surface area contributed by atoms with E-state index in [1.54, 1.807) is 0 Å². The highest BCUT2D eigenvalue weighted by molar-refractivity contribution is 6.31. The molecule has 0 unspecified atom stereocenters. The van der Waals surface area contributed by atoms with Crippen molar-refractivity contribution in [2.75, 3.05) is 13.1 Å². The second-order valence-electron chi connectivity index (χ2n) is 6.17. The number of hydrogen-bond acceptors (Lipinski definition) is 1. The summed E-state index contributed by atoms with van der Waals surface area (Å²) in [4.78, 5) is 2.55. The van der Waals surface area contributed by atoms with Gasteiger partial charge in [0.15, 0.2) is 0 Å². The van der Waals surface area contributed by atoms with Crippen molar-refractivity contribution < 1.29 is 0 Å². The minimum atomic E-state index is 0.549. The van der Waals surface area contributed by atoms with Gasteiger partial charge in [0, 0.05) is 24.7 Å². The van der Waals surface area contributed by atoms with Gasteiger partial charge in [-0.15, -0.1) is 0 Å². The fraction of sp³-hybridized carbons (Fsp3) is 0.625. The Morgan fingerprint density at radius 2 is 1.94 bits per heavy atom. The van der Waals surface area contributed by atoms with Crippen LogP contribution in [0.2, 0.25) is 5.02 Å². The third kappa shape index (κ3) is 3.07. The molecular weight excluding hydrogens is 242 g/mol. The number of fused-ring (bicyclic) bond motifs is 1. The summed E-state index contributed by atoms with van der Waals surface area (Å²) in [6.07, 6.45) is 1.10. The maximum atomic E-state index is 6.43. The smallest absolute Gasteiger partial charge is 0.0444 e. The van der Waals surface area contributed by atoms with Crippen molar-refractivity contribution in [3.05, 3.63) is 33.8 Å². The van der Waals surface area contributed by atoms with Crippen molar-refractivity contribution in [3.63, 3.8) is 0 Å². The Bertz CT molecular complexity index is 423. The molecule has 0 saturated heterocycles. The molecule has 1 nitrogen and oxygen atoms in total. The summed E-state index contributed by atoms with van der Waals surface area (Å²) in [5.41, 5.74) is 4.18. The molecule has 2 heteroatoms. The highest BCUT2D eigenvalue weighted by atomic mass is 35.5. The SMILES string of the molecule is CC(C)CN1CCc2c(Cl)cc(C(C)C)cc2C1. The minimum absolute atomic E-state index is 0.549. The highest BCUT2D eigenvalue weighted by Gasteiger charge is 2.20.